The maximum Gasteiger partial charge on any atom is 0.157 e. The molecular weight excluding hydrogens is 214 g/mol. The van der Waals surface area contributed by atoms with Crippen LogP contribution >= 0.6 is 0 Å². The summed E-state index contributed by atoms with van der Waals surface area (Å²) in [7, 11) is 0. The predicted octanol–water partition coefficient (Wildman–Crippen LogP) is 1.92. The van der Waals surface area contributed by atoms with Gasteiger partial charge in [-0.3, -0.25) is 4.68 Å². The van der Waals surface area contributed by atoms with Gasteiger partial charge < -0.3 is 0 Å². The zero-order valence-electron chi connectivity index (χ0n) is 9.83. The number of fused-ring (bicyclic) bond motifs is 1. The van der Waals surface area contributed by atoms with E-state index < -0.39 is 0 Å². The summed E-state index contributed by atoms with van der Waals surface area (Å²) in [5.41, 5.74) is 4.08. The monoisotopic (exact) mass is 227 g/mol. The van der Waals surface area contributed by atoms with Gasteiger partial charge in [-0.2, -0.15) is 10.2 Å². The highest BCUT2D eigenvalue weighted by Crippen LogP contribution is 2.18. The molecule has 0 fully saturated rings. The number of aromatic nitrogens is 5. The summed E-state index contributed by atoms with van der Waals surface area (Å²) in [6, 6.07) is 0. The Morgan fingerprint density at radius 2 is 1.88 bits per heavy atom. The Balaban J connectivity index is 2.11. The van der Waals surface area contributed by atoms with E-state index in [4.69, 9.17) is 0 Å². The van der Waals surface area contributed by atoms with E-state index in [1.54, 1.807) is 4.52 Å². The van der Waals surface area contributed by atoms with Gasteiger partial charge in [0.1, 0.15) is 0 Å². The Bertz CT molecular complexity index is 664. The lowest BCUT2D eigenvalue weighted by molar-refractivity contribution is 0.660. The zero-order valence-corrected chi connectivity index (χ0v) is 9.83. The van der Waals surface area contributed by atoms with Crippen molar-refractivity contribution < 1.29 is 0 Å². The second-order valence-corrected chi connectivity index (χ2v) is 4.02. The van der Waals surface area contributed by atoms with Crippen molar-refractivity contribution in [3.8, 4) is 11.1 Å². The molecule has 0 aliphatic carbocycles. The fourth-order valence-corrected chi connectivity index (χ4v) is 1.83. The van der Waals surface area contributed by atoms with Crippen molar-refractivity contribution in [1.82, 2.24) is 24.4 Å². The van der Waals surface area contributed by atoms with Crippen LogP contribution < -0.4 is 0 Å². The quantitative estimate of drug-likeness (QED) is 0.672. The van der Waals surface area contributed by atoms with Crippen LogP contribution in [0.25, 0.3) is 16.8 Å². The van der Waals surface area contributed by atoms with Crippen molar-refractivity contribution in [3.63, 3.8) is 0 Å². The largest absolute Gasteiger partial charge is 0.272 e. The minimum Gasteiger partial charge on any atom is -0.272 e. The van der Waals surface area contributed by atoms with Crippen molar-refractivity contribution in [2.75, 3.05) is 0 Å². The van der Waals surface area contributed by atoms with E-state index >= 15 is 0 Å². The number of hydrogen-bond donors (Lipinski definition) is 0. The van der Waals surface area contributed by atoms with Crippen molar-refractivity contribution in [2.24, 2.45) is 0 Å². The molecule has 5 heteroatoms. The molecule has 17 heavy (non-hydrogen) atoms. The van der Waals surface area contributed by atoms with Crippen LogP contribution in [-0.4, -0.2) is 24.4 Å². The van der Waals surface area contributed by atoms with E-state index in [0.29, 0.717) is 0 Å². The van der Waals surface area contributed by atoms with Gasteiger partial charge in [0.15, 0.2) is 5.65 Å². The Labute approximate surface area is 98.7 Å². The highest BCUT2D eigenvalue weighted by molar-refractivity contribution is 5.61. The van der Waals surface area contributed by atoms with E-state index in [-0.39, 0.29) is 0 Å². The van der Waals surface area contributed by atoms with Crippen LogP contribution in [0.3, 0.4) is 0 Å². The van der Waals surface area contributed by atoms with E-state index in [1.807, 2.05) is 42.6 Å². The van der Waals surface area contributed by atoms with Crippen LogP contribution in [0, 0.1) is 6.92 Å². The highest BCUT2D eigenvalue weighted by Gasteiger charge is 2.05. The summed E-state index contributed by atoms with van der Waals surface area (Å²) in [4.78, 5) is 4.42. The molecule has 0 saturated heterocycles. The van der Waals surface area contributed by atoms with Gasteiger partial charge in [0.2, 0.25) is 0 Å². The van der Waals surface area contributed by atoms with Crippen LogP contribution in [0.1, 0.15) is 12.5 Å². The van der Waals surface area contributed by atoms with Crippen molar-refractivity contribution >= 4 is 5.65 Å². The Morgan fingerprint density at radius 3 is 2.65 bits per heavy atom. The fraction of sp³-hybridized carbons (Fsp3) is 0.250. The average Bonchev–Trinajstić information content (AvgIpc) is 2.96. The van der Waals surface area contributed by atoms with Crippen molar-refractivity contribution in [1.29, 1.82) is 0 Å². The topological polar surface area (TPSA) is 48.0 Å². The minimum atomic E-state index is 0.872. The van der Waals surface area contributed by atoms with Gasteiger partial charge in [0.25, 0.3) is 0 Å². The van der Waals surface area contributed by atoms with Gasteiger partial charge in [0, 0.05) is 41.8 Å². The average molecular weight is 227 g/mol. The normalized spacial score (nSPS) is 11.2. The third-order valence-electron chi connectivity index (χ3n) is 2.82. The third kappa shape index (κ3) is 1.60. The Morgan fingerprint density at radius 1 is 1.06 bits per heavy atom. The first-order chi connectivity index (χ1) is 8.28. The van der Waals surface area contributed by atoms with Gasteiger partial charge in [0.05, 0.1) is 12.4 Å². The van der Waals surface area contributed by atoms with Gasteiger partial charge in [-0.25, -0.2) is 9.50 Å². The first kappa shape index (κ1) is 10.0. The molecule has 0 radical (unpaired) electrons. The molecule has 0 spiro atoms. The van der Waals surface area contributed by atoms with E-state index in [1.165, 1.54) is 0 Å². The lowest BCUT2D eigenvalue weighted by Gasteiger charge is -1.98. The van der Waals surface area contributed by atoms with Gasteiger partial charge >= 0.3 is 0 Å². The molecule has 0 bridgehead atoms. The summed E-state index contributed by atoms with van der Waals surface area (Å²) < 4.78 is 3.70. The first-order valence-corrected chi connectivity index (χ1v) is 5.60. The van der Waals surface area contributed by atoms with Gasteiger partial charge in [-0.1, -0.05) is 0 Å². The number of hydrogen-bond acceptors (Lipinski definition) is 3. The SMILES string of the molecule is CCn1cc(-c2cnc3c(C)cnn3c2)cn1. The molecule has 3 aromatic heterocycles. The first-order valence-electron chi connectivity index (χ1n) is 5.60. The second kappa shape index (κ2) is 3.69. The number of nitrogens with zero attached hydrogens (tertiary/aromatic N) is 5. The third-order valence-corrected chi connectivity index (χ3v) is 2.82. The van der Waals surface area contributed by atoms with Crippen LogP contribution in [0.2, 0.25) is 0 Å². The maximum atomic E-state index is 4.42. The molecule has 3 aromatic rings. The van der Waals surface area contributed by atoms with E-state index in [0.717, 1.165) is 28.9 Å². The summed E-state index contributed by atoms with van der Waals surface area (Å²) in [6.07, 6.45) is 9.52. The smallest absolute Gasteiger partial charge is 0.157 e. The van der Waals surface area contributed by atoms with E-state index in [9.17, 15) is 0 Å². The van der Waals surface area contributed by atoms with Gasteiger partial charge in [-0.15, -0.1) is 0 Å². The summed E-state index contributed by atoms with van der Waals surface area (Å²) >= 11 is 0. The lowest BCUT2D eigenvalue weighted by Crippen LogP contribution is -1.93. The predicted molar refractivity (Wildman–Crippen MR) is 64.6 cm³/mol. The molecule has 86 valence electrons. The van der Waals surface area contributed by atoms with Crippen LogP contribution in [-0.2, 0) is 6.54 Å². The Kier molecular flexibility index (Phi) is 2.18. The van der Waals surface area contributed by atoms with Crippen LogP contribution in [0.4, 0.5) is 0 Å². The zero-order chi connectivity index (χ0) is 11.8. The molecule has 0 aromatic carbocycles. The molecular formula is C12H13N5. The fourth-order valence-electron chi connectivity index (χ4n) is 1.83. The molecule has 0 N–H and O–H groups in total. The summed E-state index contributed by atoms with van der Waals surface area (Å²) in [6.45, 7) is 4.94. The lowest BCUT2D eigenvalue weighted by atomic mass is 10.2. The molecule has 0 unspecified atom stereocenters. The number of aryl methyl sites for hydroxylation is 2. The Hall–Kier alpha value is -2.17. The summed E-state index contributed by atoms with van der Waals surface area (Å²) in [5, 5.41) is 8.51. The standard InChI is InChI=1S/C12H13N5/c1-3-16-7-11(6-14-16)10-5-13-12-9(2)4-15-17(12)8-10/h4-8H,3H2,1-2H3. The van der Waals surface area contributed by atoms with Gasteiger partial charge in [-0.05, 0) is 13.8 Å². The molecule has 3 rings (SSSR count). The van der Waals surface area contributed by atoms with Crippen molar-refractivity contribution in [3.05, 3.63) is 36.5 Å². The van der Waals surface area contributed by atoms with E-state index in [2.05, 4.69) is 22.1 Å². The summed E-state index contributed by atoms with van der Waals surface area (Å²) in [5.74, 6) is 0. The minimum absolute atomic E-state index is 0.872. The molecule has 0 saturated carbocycles. The highest BCUT2D eigenvalue weighted by atomic mass is 15.3. The number of rotatable bonds is 2. The van der Waals surface area contributed by atoms with Crippen molar-refractivity contribution in [2.45, 2.75) is 20.4 Å². The molecule has 3 heterocycles. The second-order valence-electron chi connectivity index (χ2n) is 4.02. The molecule has 0 aliphatic rings. The molecule has 0 amide bonds. The van der Waals surface area contributed by atoms with Crippen LogP contribution in [0.5, 0.6) is 0 Å². The van der Waals surface area contributed by atoms with Crippen LogP contribution in [0.15, 0.2) is 31.0 Å². The molecule has 0 atom stereocenters. The molecule has 5 nitrogen and oxygen atoms in total. The molecule has 0 aliphatic heterocycles. The maximum absolute atomic E-state index is 4.42.